The van der Waals surface area contributed by atoms with Gasteiger partial charge in [0, 0.05) is 20.0 Å². The second-order valence-electron chi connectivity index (χ2n) is 3.48. The number of unbranched alkanes of at least 4 members (excludes halogenated alkanes) is 1. The third-order valence-corrected chi connectivity index (χ3v) is 2.29. The van der Waals surface area contributed by atoms with Crippen molar-refractivity contribution in [3.63, 3.8) is 0 Å². The Bertz CT molecular complexity index is 291. The van der Waals surface area contributed by atoms with Crippen LogP contribution in [0.2, 0.25) is 0 Å². The summed E-state index contributed by atoms with van der Waals surface area (Å²) < 4.78 is 0. The zero-order valence-electron chi connectivity index (χ0n) is 9.90. The number of amides is 2. The van der Waals surface area contributed by atoms with Crippen molar-refractivity contribution >= 4 is 27.0 Å². The summed E-state index contributed by atoms with van der Waals surface area (Å²) in [6.45, 7) is 2.44. The molecule has 0 radical (unpaired) electrons. The minimum atomic E-state index is -0.592. The average Bonchev–Trinajstić information content (AvgIpc) is 2.21. The first-order valence-electron chi connectivity index (χ1n) is 5.29. The lowest BCUT2D eigenvalue weighted by molar-refractivity contribution is -0.125. The Morgan fingerprint density at radius 1 is 1.35 bits per heavy atom. The van der Waals surface area contributed by atoms with E-state index in [0.717, 1.165) is 12.8 Å². The number of hydrogen-bond acceptors (Lipinski definition) is 3. The molecule has 2 atom stereocenters. The van der Waals surface area contributed by atoms with Crippen molar-refractivity contribution in [2.75, 3.05) is 13.1 Å². The van der Waals surface area contributed by atoms with Crippen molar-refractivity contribution in [3.8, 4) is 0 Å². The number of carbonyl (C=O) groups is 2. The zero-order chi connectivity index (χ0) is 13.3. The summed E-state index contributed by atoms with van der Waals surface area (Å²) in [4.78, 5) is 25.9. The lowest BCUT2D eigenvalue weighted by atomic mass is 10.3. The Hall–Kier alpha value is -1.36. The van der Waals surface area contributed by atoms with Crippen molar-refractivity contribution in [2.45, 2.75) is 25.5 Å². The molecule has 0 rings (SSSR count). The Balaban J connectivity index is 3.57. The zero-order valence-corrected chi connectivity index (χ0v) is 11.1. The molecule has 0 spiro atoms. The molecule has 0 aliphatic rings. The summed E-state index contributed by atoms with van der Waals surface area (Å²) in [5.74, 6) is -0.991. The highest BCUT2D eigenvalue weighted by atomic mass is 31.0. The van der Waals surface area contributed by atoms with E-state index in [1.165, 1.54) is 6.92 Å². The van der Waals surface area contributed by atoms with Crippen LogP contribution in [0.4, 0.5) is 0 Å². The van der Waals surface area contributed by atoms with Crippen molar-refractivity contribution in [3.05, 3.63) is 0 Å². The van der Waals surface area contributed by atoms with Crippen LogP contribution in [0.15, 0.2) is 4.99 Å². The monoisotopic (exact) mass is 261 g/mol. The van der Waals surface area contributed by atoms with Gasteiger partial charge in [-0.3, -0.25) is 14.6 Å². The first-order chi connectivity index (χ1) is 7.93. The second kappa shape index (κ2) is 8.75. The molecule has 0 heterocycles. The van der Waals surface area contributed by atoms with Gasteiger partial charge in [0.1, 0.15) is 5.78 Å². The number of carbonyl (C=O) groups excluding carboxylic acids is 2. The highest BCUT2D eigenvalue weighted by molar-refractivity contribution is 7.19. The highest BCUT2D eigenvalue weighted by Gasteiger charge is 2.12. The molecule has 98 valence electrons. The van der Waals surface area contributed by atoms with Crippen LogP contribution in [0.1, 0.15) is 19.8 Å². The number of aliphatic imine (C=N–C) groups is 1. The van der Waals surface area contributed by atoms with E-state index in [1.807, 2.05) is 0 Å². The fraction of sp³-hybridized carbons (Fsp3) is 0.667. The topological polar surface area (TPSA) is 123 Å². The lowest BCUT2D eigenvalue weighted by Crippen LogP contribution is -2.42. The molecule has 8 heteroatoms. The maximum Gasteiger partial charge on any atom is 0.246 e. The van der Waals surface area contributed by atoms with Crippen molar-refractivity contribution in [2.24, 2.45) is 16.5 Å². The van der Waals surface area contributed by atoms with Gasteiger partial charge in [0.2, 0.25) is 11.8 Å². The Labute approximate surface area is 103 Å². The summed E-state index contributed by atoms with van der Waals surface area (Å²) >= 11 is 0. The molecule has 0 aliphatic carbocycles. The van der Waals surface area contributed by atoms with Gasteiger partial charge in [-0.05, 0) is 12.8 Å². The molecule has 0 fully saturated rings. The maximum atomic E-state index is 11.4. The van der Waals surface area contributed by atoms with Crippen molar-refractivity contribution in [1.29, 1.82) is 0 Å². The molecule has 2 amide bonds. The molecule has 0 saturated carbocycles. The van der Waals surface area contributed by atoms with Crippen LogP contribution in [0.25, 0.3) is 0 Å². The molecular weight excluding hydrogens is 241 g/mol. The van der Waals surface area contributed by atoms with Gasteiger partial charge in [-0.1, -0.05) is 0 Å². The van der Waals surface area contributed by atoms with E-state index >= 15 is 0 Å². The third-order valence-electron chi connectivity index (χ3n) is 1.82. The van der Waals surface area contributed by atoms with Gasteiger partial charge in [0.05, 0.1) is 0 Å². The van der Waals surface area contributed by atoms with Gasteiger partial charge in [0.15, 0.2) is 5.96 Å². The number of nitrogens with one attached hydrogen (secondary N) is 2. The minimum absolute atomic E-state index is 0.0738. The van der Waals surface area contributed by atoms with Crippen molar-refractivity contribution < 1.29 is 9.59 Å². The van der Waals surface area contributed by atoms with Gasteiger partial charge >= 0.3 is 0 Å². The standard InChI is InChI=1S/C9H20N5O2P/c1-6(15)14-8(17)7(16)12-4-2-3-5-13-9(10)11/h8H,2-5,17H2,1H3,(H,12,16)(H,14,15)(H4,10,11,13). The molecule has 0 aromatic heterocycles. The van der Waals surface area contributed by atoms with Crippen LogP contribution in [-0.4, -0.2) is 36.6 Å². The predicted octanol–water partition coefficient (Wildman–Crippen LogP) is -1.51. The van der Waals surface area contributed by atoms with Gasteiger partial charge in [0.25, 0.3) is 0 Å². The van der Waals surface area contributed by atoms with Crippen LogP contribution >= 0.6 is 9.24 Å². The number of nitrogens with zero attached hydrogens (tertiary/aromatic N) is 1. The van der Waals surface area contributed by atoms with E-state index in [9.17, 15) is 9.59 Å². The van der Waals surface area contributed by atoms with E-state index in [0.29, 0.717) is 13.1 Å². The molecule has 17 heavy (non-hydrogen) atoms. The number of guanidine groups is 1. The summed E-state index contributed by atoms with van der Waals surface area (Å²) in [6, 6.07) is 0. The Kier molecular flexibility index (Phi) is 8.05. The average molecular weight is 261 g/mol. The molecule has 6 N–H and O–H groups in total. The minimum Gasteiger partial charge on any atom is -0.370 e. The summed E-state index contributed by atoms with van der Waals surface area (Å²) in [6.07, 6.45) is 1.57. The molecular formula is C9H20N5O2P. The van der Waals surface area contributed by atoms with Crippen LogP contribution < -0.4 is 22.1 Å². The second-order valence-corrected chi connectivity index (χ2v) is 4.15. The van der Waals surface area contributed by atoms with Crippen LogP contribution in [-0.2, 0) is 9.59 Å². The van der Waals surface area contributed by atoms with Crippen LogP contribution in [0.3, 0.4) is 0 Å². The molecule has 0 saturated heterocycles. The number of hydrogen-bond donors (Lipinski definition) is 4. The van der Waals surface area contributed by atoms with E-state index in [4.69, 9.17) is 11.5 Å². The fourth-order valence-electron chi connectivity index (χ4n) is 1.05. The van der Waals surface area contributed by atoms with E-state index in [2.05, 4.69) is 24.9 Å². The van der Waals surface area contributed by atoms with E-state index in [1.54, 1.807) is 0 Å². The maximum absolute atomic E-state index is 11.4. The van der Waals surface area contributed by atoms with Gasteiger partial charge in [-0.25, -0.2) is 0 Å². The van der Waals surface area contributed by atoms with Crippen LogP contribution in [0, 0.1) is 0 Å². The fourth-order valence-corrected chi connectivity index (χ4v) is 1.40. The van der Waals surface area contributed by atoms with Gasteiger partial charge < -0.3 is 22.1 Å². The number of nitrogens with two attached hydrogens (primary N) is 2. The summed E-state index contributed by atoms with van der Waals surface area (Å²) in [7, 11) is 2.26. The van der Waals surface area contributed by atoms with E-state index < -0.39 is 5.78 Å². The summed E-state index contributed by atoms with van der Waals surface area (Å²) in [5.41, 5.74) is 10.3. The molecule has 0 aromatic rings. The first kappa shape index (κ1) is 15.6. The Morgan fingerprint density at radius 2 is 2.00 bits per heavy atom. The quantitative estimate of drug-likeness (QED) is 0.193. The SMILES string of the molecule is CC(=O)NC(P)C(=O)NCCCCN=C(N)N. The van der Waals surface area contributed by atoms with Crippen molar-refractivity contribution in [1.82, 2.24) is 10.6 Å². The molecule has 0 aromatic carbocycles. The number of rotatable bonds is 7. The molecule has 0 aliphatic heterocycles. The van der Waals surface area contributed by atoms with E-state index in [-0.39, 0.29) is 17.8 Å². The molecule has 2 unspecified atom stereocenters. The lowest BCUT2D eigenvalue weighted by Gasteiger charge is -2.12. The van der Waals surface area contributed by atoms with Crippen LogP contribution in [0.5, 0.6) is 0 Å². The largest absolute Gasteiger partial charge is 0.370 e. The molecule has 0 bridgehead atoms. The molecule has 7 nitrogen and oxygen atoms in total. The van der Waals surface area contributed by atoms with Gasteiger partial charge in [-0.15, -0.1) is 9.24 Å². The predicted molar refractivity (Wildman–Crippen MR) is 70.2 cm³/mol. The van der Waals surface area contributed by atoms with Gasteiger partial charge in [-0.2, -0.15) is 0 Å². The summed E-state index contributed by atoms with van der Waals surface area (Å²) in [5, 5.41) is 5.16. The Morgan fingerprint density at radius 3 is 2.53 bits per heavy atom. The normalized spacial score (nSPS) is 11.4. The first-order valence-corrected chi connectivity index (χ1v) is 5.96. The smallest absolute Gasteiger partial charge is 0.246 e. The highest BCUT2D eigenvalue weighted by Crippen LogP contribution is 1.95. The third kappa shape index (κ3) is 9.56.